The molecule has 0 aliphatic carbocycles. The van der Waals surface area contributed by atoms with E-state index in [1.807, 2.05) is 0 Å². The number of hydrogen-bond acceptors (Lipinski definition) is 2. The smallest absolute Gasteiger partial charge is 0.0193 e. The van der Waals surface area contributed by atoms with Crippen LogP contribution in [0.4, 0.5) is 0 Å². The van der Waals surface area contributed by atoms with Crippen molar-refractivity contribution < 1.29 is 0 Å². The van der Waals surface area contributed by atoms with Gasteiger partial charge in [0.25, 0.3) is 0 Å². The van der Waals surface area contributed by atoms with Crippen LogP contribution in [0.2, 0.25) is 0 Å². The topological polar surface area (TPSA) is 15.3 Å². The molecule has 2 atom stereocenters. The third-order valence-electron chi connectivity index (χ3n) is 4.19. The van der Waals surface area contributed by atoms with Crippen molar-refractivity contribution in [2.75, 3.05) is 19.6 Å². The van der Waals surface area contributed by atoms with E-state index in [4.69, 9.17) is 0 Å². The van der Waals surface area contributed by atoms with E-state index in [0.29, 0.717) is 6.04 Å². The van der Waals surface area contributed by atoms with E-state index in [0.717, 1.165) is 12.6 Å². The van der Waals surface area contributed by atoms with E-state index >= 15 is 0 Å². The first-order valence-electron chi connectivity index (χ1n) is 8.21. The van der Waals surface area contributed by atoms with Crippen LogP contribution in [0.3, 0.4) is 0 Å². The molecule has 1 aliphatic heterocycles. The van der Waals surface area contributed by atoms with E-state index in [1.54, 1.807) is 0 Å². The third-order valence-corrected chi connectivity index (χ3v) is 4.19. The number of nitrogens with one attached hydrogen (secondary N) is 1. The average Bonchev–Trinajstić information content (AvgIpc) is 2.36. The highest BCUT2D eigenvalue weighted by molar-refractivity contribution is 4.80. The molecular formula is C16H34N2. The quantitative estimate of drug-likeness (QED) is 0.629. The first kappa shape index (κ1) is 16.0. The maximum absolute atomic E-state index is 3.55. The molecule has 1 saturated heterocycles. The number of piperazine rings is 1. The van der Waals surface area contributed by atoms with Gasteiger partial charge in [0.15, 0.2) is 0 Å². The van der Waals surface area contributed by atoms with Crippen LogP contribution >= 0.6 is 0 Å². The van der Waals surface area contributed by atoms with Gasteiger partial charge in [-0.25, -0.2) is 0 Å². The minimum Gasteiger partial charge on any atom is -0.311 e. The molecule has 0 radical (unpaired) electrons. The van der Waals surface area contributed by atoms with Gasteiger partial charge >= 0.3 is 0 Å². The summed E-state index contributed by atoms with van der Waals surface area (Å²) in [5.74, 6) is 0. The highest BCUT2D eigenvalue weighted by Gasteiger charge is 2.21. The van der Waals surface area contributed by atoms with E-state index in [9.17, 15) is 0 Å². The molecule has 0 amide bonds. The lowest BCUT2D eigenvalue weighted by atomic mass is 10.1. The molecule has 0 bridgehead atoms. The summed E-state index contributed by atoms with van der Waals surface area (Å²) in [6.07, 6.45) is 11.4. The van der Waals surface area contributed by atoms with Crippen LogP contribution in [-0.2, 0) is 0 Å². The maximum Gasteiger partial charge on any atom is 0.0193 e. The van der Waals surface area contributed by atoms with Crippen LogP contribution in [0.1, 0.15) is 72.1 Å². The summed E-state index contributed by atoms with van der Waals surface area (Å²) in [6.45, 7) is 10.6. The second-order valence-corrected chi connectivity index (χ2v) is 6.13. The van der Waals surface area contributed by atoms with E-state index < -0.39 is 0 Å². The fraction of sp³-hybridized carbons (Fsp3) is 1.00. The molecule has 0 saturated carbocycles. The summed E-state index contributed by atoms with van der Waals surface area (Å²) < 4.78 is 0. The molecule has 1 fully saturated rings. The lowest BCUT2D eigenvalue weighted by Gasteiger charge is -2.37. The van der Waals surface area contributed by atoms with Crippen LogP contribution < -0.4 is 5.32 Å². The Morgan fingerprint density at radius 3 is 2.22 bits per heavy atom. The van der Waals surface area contributed by atoms with Gasteiger partial charge in [-0.2, -0.15) is 0 Å². The predicted molar refractivity (Wildman–Crippen MR) is 81.1 cm³/mol. The Morgan fingerprint density at radius 2 is 1.56 bits per heavy atom. The molecule has 0 spiro atoms. The molecule has 1 aliphatic rings. The highest BCUT2D eigenvalue weighted by atomic mass is 15.2. The van der Waals surface area contributed by atoms with Crippen molar-refractivity contribution in [3.05, 3.63) is 0 Å². The first-order chi connectivity index (χ1) is 8.74. The average molecular weight is 254 g/mol. The molecule has 1 rings (SSSR count). The number of hydrogen-bond donors (Lipinski definition) is 1. The Kier molecular flexibility index (Phi) is 8.70. The van der Waals surface area contributed by atoms with Crippen LogP contribution in [0.15, 0.2) is 0 Å². The number of nitrogens with zero attached hydrogens (tertiary/aromatic N) is 1. The Morgan fingerprint density at radius 1 is 0.944 bits per heavy atom. The third kappa shape index (κ3) is 6.75. The summed E-state index contributed by atoms with van der Waals surface area (Å²) >= 11 is 0. The van der Waals surface area contributed by atoms with E-state index in [-0.39, 0.29) is 0 Å². The fourth-order valence-corrected chi connectivity index (χ4v) is 2.86. The highest BCUT2D eigenvalue weighted by Crippen LogP contribution is 2.11. The van der Waals surface area contributed by atoms with Crippen molar-refractivity contribution in [3.63, 3.8) is 0 Å². The van der Waals surface area contributed by atoms with Gasteiger partial charge in [-0.3, -0.25) is 4.90 Å². The van der Waals surface area contributed by atoms with E-state index in [1.165, 1.54) is 64.5 Å². The van der Waals surface area contributed by atoms with E-state index in [2.05, 4.69) is 31.0 Å². The van der Waals surface area contributed by atoms with Crippen molar-refractivity contribution in [1.82, 2.24) is 10.2 Å². The second kappa shape index (κ2) is 9.80. The molecule has 0 aromatic carbocycles. The minimum absolute atomic E-state index is 0.676. The number of rotatable bonds is 9. The van der Waals surface area contributed by atoms with Gasteiger partial charge in [-0.1, -0.05) is 51.9 Å². The molecule has 108 valence electrons. The van der Waals surface area contributed by atoms with Gasteiger partial charge < -0.3 is 5.32 Å². The molecule has 2 unspecified atom stereocenters. The fourth-order valence-electron chi connectivity index (χ4n) is 2.86. The van der Waals surface area contributed by atoms with Gasteiger partial charge in [0.2, 0.25) is 0 Å². The van der Waals surface area contributed by atoms with Crippen molar-refractivity contribution in [1.29, 1.82) is 0 Å². The Labute approximate surface area is 115 Å². The maximum atomic E-state index is 3.55. The van der Waals surface area contributed by atoms with Crippen LogP contribution in [0.5, 0.6) is 0 Å². The van der Waals surface area contributed by atoms with Crippen molar-refractivity contribution in [3.8, 4) is 0 Å². The summed E-state index contributed by atoms with van der Waals surface area (Å²) in [7, 11) is 0. The SMILES string of the molecule is CCCCCCCCCCN1CC(C)NCC1C. The summed E-state index contributed by atoms with van der Waals surface area (Å²) in [5, 5.41) is 3.55. The molecule has 1 heterocycles. The van der Waals surface area contributed by atoms with Gasteiger partial charge in [0.1, 0.15) is 0 Å². The number of unbranched alkanes of at least 4 members (excludes halogenated alkanes) is 7. The van der Waals surface area contributed by atoms with Gasteiger partial charge in [0.05, 0.1) is 0 Å². The molecular weight excluding hydrogens is 220 g/mol. The summed E-state index contributed by atoms with van der Waals surface area (Å²) in [6, 6.07) is 1.40. The summed E-state index contributed by atoms with van der Waals surface area (Å²) in [5.41, 5.74) is 0. The zero-order valence-electron chi connectivity index (χ0n) is 12.9. The lowest BCUT2D eigenvalue weighted by Crippen LogP contribution is -2.54. The molecule has 1 N–H and O–H groups in total. The standard InChI is InChI=1S/C16H34N2/c1-4-5-6-7-8-9-10-11-12-18-14-15(2)17-13-16(18)3/h15-17H,4-14H2,1-3H3. The predicted octanol–water partition coefficient (Wildman–Crippen LogP) is 3.81. The minimum atomic E-state index is 0.676. The Bertz CT molecular complexity index is 194. The molecule has 18 heavy (non-hydrogen) atoms. The Balaban J connectivity index is 1.93. The first-order valence-corrected chi connectivity index (χ1v) is 8.21. The van der Waals surface area contributed by atoms with Crippen LogP contribution in [0.25, 0.3) is 0 Å². The van der Waals surface area contributed by atoms with Crippen LogP contribution in [0, 0.1) is 0 Å². The Hall–Kier alpha value is -0.0800. The molecule has 0 aromatic heterocycles. The van der Waals surface area contributed by atoms with Gasteiger partial charge in [0, 0.05) is 25.2 Å². The van der Waals surface area contributed by atoms with Gasteiger partial charge in [-0.05, 0) is 26.8 Å². The molecule has 2 nitrogen and oxygen atoms in total. The zero-order chi connectivity index (χ0) is 13.2. The largest absolute Gasteiger partial charge is 0.311 e. The second-order valence-electron chi connectivity index (χ2n) is 6.13. The lowest BCUT2D eigenvalue weighted by molar-refractivity contribution is 0.144. The van der Waals surface area contributed by atoms with Crippen LogP contribution in [-0.4, -0.2) is 36.6 Å². The zero-order valence-corrected chi connectivity index (χ0v) is 12.9. The van der Waals surface area contributed by atoms with Gasteiger partial charge in [-0.15, -0.1) is 0 Å². The molecule has 2 heteroatoms. The summed E-state index contributed by atoms with van der Waals surface area (Å²) in [4.78, 5) is 2.66. The van der Waals surface area contributed by atoms with Crippen molar-refractivity contribution in [2.24, 2.45) is 0 Å². The normalized spacial score (nSPS) is 25.5. The molecule has 0 aromatic rings. The van der Waals surface area contributed by atoms with Crippen molar-refractivity contribution >= 4 is 0 Å². The monoisotopic (exact) mass is 254 g/mol. The van der Waals surface area contributed by atoms with Crippen molar-refractivity contribution in [2.45, 2.75) is 84.2 Å².